The number of halogens is 1. The molecule has 0 aliphatic heterocycles. The van der Waals surface area contributed by atoms with Crippen LogP contribution in [0.1, 0.15) is 32.3 Å². The average molecular weight is 300 g/mol. The van der Waals surface area contributed by atoms with Gasteiger partial charge in [0.05, 0.1) is 19.1 Å². The predicted octanol–water partition coefficient (Wildman–Crippen LogP) is 2.56. The molecule has 0 aliphatic rings. The van der Waals surface area contributed by atoms with Gasteiger partial charge in [-0.05, 0) is 31.0 Å². The van der Waals surface area contributed by atoms with Gasteiger partial charge in [-0.1, -0.05) is 25.4 Å². The van der Waals surface area contributed by atoms with Crippen LogP contribution in [0, 0.1) is 0 Å². The van der Waals surface area contributed by atoms with E-state index in [1.165, 1.54) is 0 Å². The van der Waals surface area contributed by atoms with Gasteiger partial charge in [0, 0.05) is 17.1 Å². The molecule has 1 aromatic rings. The van der Waals surface area contributed by atoms with Gasteiger partial charge in [-0.15, -0.1) is 0 Å². The van der Waals surface area contributed by atoms with Crippen molar-refractivity contribution in [2.24, 2.45) is 0 Å². The number of hydrogen-bond donors (Lipinski definition) is 2. The van der Waals surface area contributed by atoms with Gasteiger partial charge in [0.1, 0.15) is 5.75 Å². The van der Waals surface area contributed by atoms with Crippen molar-refractivity contribution < 1.29 is 14.6 Å². The van der Waals surface area contributed by atoms with Crippen LogP contribution >= 0.6 is 11.6 Å². The Labute approximate surface area is 125 Å². The lowest BCUT2D eigenvalue weighted by molar-refractivity contribution is -0.121. The highest BCUT2D eigenvalue weighted by Gasteiger charge is 2.22. The van der Waals surface area contributed by atoms with Crippen molar-refractivity contribution >= 4 is 17.5 Å². The molecule has 0 aliphatic carbocycles. The highest BCUT2D eigenvalue weighted by atomic mass is 35.5. The van der Waals surface area contributed by atoms with Crippen LogP contribution in [0.2, 0.25) is 5.02 Å². The maximum Gasteiger partial charge on any atom is 0.224 e. The molecule has 2 N–H and O–H groups in total. The molecule has 1 aromatic carbocycles. The van der Waals surface area contributed by atoms with E-state index in [0.29, 0.717) is 23.6 Å². The largest absolute Gasteiger partial charge is 0.496 e. The summed E-state index contributed by atoms with van der Waals surface area (Å²) < 4.78 is 5.20. The van der Waals surface area contributed by atoms with Crippen molar-refractivity contribution in [3.05, 3.63) is 28.8 Å². The molecule has 0 bridgehead atoms. The van der Waals surface area contributed by atoms with Crippen LogP contribution in [0.15, 0.2) is 18.2 Å². The van der Waals surface area contributed by atoms with E-state index in [1.807, 2.05) is 13.8 Å². The van der Waals surface area contributed by atoms with Gasteiger partial charge in [-0.25, -0.2) is 0 Å². The van der Waals surface area contributed by atoms with E-state index in [0.717, 1.165) is 5.56 Å². The van der Waals surface area contributed by atoms with Crippen LogP contribution in [0.4, 0.5) is 0 Å². The van der Waals surface area contributed by atoms with Crippen molar-refractivity contribution in [3.8, 4) is 5.75 Å². The summed E-state index contributed by atoms with van der Waals surface area (Å²) in [5, 5.41) is 13.4. The van der Waals surface area contributed by atoms with E-state index >= 15 is 0 Å². The third kappa shape index (κ3) is 4.69. The molecule has 0 atom stereocenters. The normalized spacial score (nSPS) is 11.2. The monoisotopic (exact) mass is 299 g/mol. The lowest BCUT2D eigenvalue weighted by Gasteiger charge is -2.25. The number of hydrogen-bond acceptors (Lipinski definition) is 3. The first-order valence-electron chi connectivity index (χ1n) is 6.75. The minimum absolute atomic E-state index is 0.161. The standard InChI is InChI=1S/C15H22ClNO3/c1-4-15(19,5-2)10-17-14(18)9-11-8-12(16)6-7-13(11)20-3/h6-8,19H,4-5,9-10H2,1-3H3,(H,17,18). The number of benzene rings is 1. The topological polar surface area (TPSA) is 58.6 Å². The Bertz CT molecular complexity index is 458. The Hall–Kier alpha value is -1.26. The van der Waals surface area contributed by atoms with Crippen LogP contribution in [-0.2, 0) is 11.2 Å². The van der Waals surface area contributed by atoms with Gasteiger partial charge >= 0.3 is 0 Å². The zero-order valence-electron chi connectivity index (χ0n) is 12.2. The molecule has 1 rings (SSSR count). The Morgan fingerprint density at radius 2 is 2.05 bits per heavy atom. The summed E-state index contributed by atoms with van der Waals surface area (Å²) in [5.41, 5.74) is -0.109. The van der Waals surface area contributed by atoms with Gasteiger partial charge < -0.3 is 15.2 Å². The Morgan fingerprint density at radius 3 is 2.60 bits per heavy atom. The summed E-state index contributed by atoms with van der Waals surface area (Å²) in [6.07, 6.45) is 1.38. The molecule has 0 aromatic heterocycles. The SMILES string of the molecule is CCC(O)(CC)CNC(=O)Cc1cc(Cl)ccc1OC. The molecular weight excluding hydrogens is 278 g/mol. The minimum atomic E-state index is -0.839. The molecule has 0 saturated heterocycles. The molecule has 0 spiro atoms. The lowest BCUT2D eigenvalue weighted by atomic mass is 9.97. The number of carbonyl (C=O) groups is 1. The van der Waals surface area contributed by atoms with E-state index < -0.39 is 5.60 Å². The second-order valence-corrected chi connectivity index (χ2v) is 5.28. The van der Waals surface area contributed by atoms with Crippen LogP contribution in [0.3, 0.4) is 0 Å². The smallest absolute Gasteiger partial charge is 0.224 e. The van der Waals surface area contributed by atoms with Gasteiger partial charge in [-0.3, -0.25) is 4.79 Å². The summed E-state index contributed by atoms with van der Waals surface area (Å²) in [4.78, 5) is 11.9. The van der Waals surface area contributed by atoms with Crippen molar-refractivity contribution in [2.75, 3.05) is 13.7 Å². The average Bonchev–Trinajstić information content (AvgIpc) is 2.45. The van der Waals surface area contributed by atoms with Gasteiger partial charge in [-0.2, -0.15) is 0 Å². The van der Waals surface area contributed by atoms with E-state index in [1.54, 1.807) is 25.3 Å². The summed E-state index contributed by atoms with van der Waals surface area (Å²) in [7, 11) is 1.55. The second kappa shape index (κ2) is 7.50. The molecule has 0 saturated carbocycles. The number of nitrogens with one attached hydrogen (secondary N) is 1. The summed E-state index contributed by atoms with van der Waals surface area (Å²) in [5.74, 6) is 0.469. The minimum Gasteiger partial charge on any atom is -0.496 e. The Kier molecular flexibility index (Phi) is 6.30. The number of ether oxygens (including phenoxy) is 1. The molecule has 0 heterocycles. The first-order chi connectivity index (χ1) is 9.44. The van der Waals surface area contributed by atoms with E-state index in [-0.39, 0.29) is 18.9 Å². The molecule has 0 radical (unpaired) electrons. The van der Waals surface area contributed by atoms with E-state index in [9.17, 15) is 9.90 Å². The highest BCUT2D eigenvalue weighted by molar-refractivity contribution is 6.30. The maximum atomic E-state index is 11.9. The van der Waals surface area contributed by atoms with Gasteiger partial charge in [0.2, 0.25) is 5.91 Å². The number of aliphatic hydroxyl groups is 1. The fourth-order valence-corrected chi connectivity index (χ4v) is 2.08. The predicted molar refractivity (Wildman–Crippen MR) is 80.2 cm³/mol. The molecule has 5 heteroatoms. The third-order valence-electron chi connectivity index (χ3n) is 3.52. The number of carbonyl (C=O) groups excluding carboxylic acids is 1. The van der Waals surface area contributed by atoms with Crippen molar-refractivity contribution in [3.63, 3.8) is 0 Å². The van der Waals surface area contributed by atoms with E-state index in [4.69, 9.17) is 16.3 Å². The summed E-state index contributed by atoms with van der Waals surface area (Å²) in [6.45, 7) is 4.05. The summed E-state index contributed by atoms with van der Waals surface area (Å²) >= 11 is 5.92. The summed E-state index contributed by atoms with van der Waals surface area (Å²) in [6, 6.07) is 5.17. The Balaban J connectivity index is 2.65. The number of amides is 1. The molecular formula is C15H22ClNO3. The Morgan fingerprint density at radius 1 is 1.40 bits per heavy atom. The molecule has 0 unspecified atom stereocenters. The number of rotatable bonds is 7. The second-order valence-electron chi connectivity index (χ2n) is 4.84. The first kappa shape index (κ1) is 16.8. The van der Waals surface area contributed by atoms with Crippen LogP contribution in [0.5, 0.6) is 5.75 Å². The molecule has 4 nitrogen and oxygen atoms in total. The third-order valence-corrected chi connectivity index (χ3v) is 3.76. The van der Waals surface area contributed by atoms with Crippen molar-refractivity contribution in [1.29, 1.82) is 0 Å². The zero-order valence-corrected chi connectivity index (χ0v) is 13.0. The quantitative estimate of drug-likeness (QED) is 0.813. The molecule has 20 heavy (non-hydrogen) atoms. The molecule has 1 amide bonds. The van der Waals surface area contributed by atoms with Crippen molar-refractivity contribution in [2.45, 2.75) is 38.7 Å². The fraction of sp³-hybridized carbons (Fsp3) is 0.533. The number of methoxy groups -OCH3 is 1. The maximum absolute atomic E-state index is 11.9. The van der Waals surface area contributed by atoms with Crippen molar-refractivity contribution in [1.82, 2.24) is 5.32 Å². The van der Waals surface area contributed by atoms with E-state index in [2.05, 4.69) is 5.32 Å². The fourth-order valence-electron chi connectivity index (χ4n) is 1.88. The molecule has 112 valence electrons. The first-order valence-corrected chi connectivity index (χ1v) is 7.13. The zero-order chi connectivity index (χ0) is 15.2. The van der Waals surface area contributed by atoms with Crippen LogP contribution in [0.25, 0.3) is 0 Å². The molecule has 0 fully saturated rings. The van der Waals surface area contributed by atoms with Gasteiger partial charge in [0.15, 0.2) is 0 Å². The highest BCUT2D eigenvalue weighted by Crippen LogP contribution is 2.23. The van der Waals surface area contributed by atoms with Gasteiger partial charge in [0.25, 0.3) is 0 Å². The van der Waals surface area contributed by atoms with Crippen LogP contribution in [-0.4, -0.2) is 30.3 Å². The lowest BCUT2D eigenvalue weighted by Crippen LogP contribution is -2.42. The van der Waals surface area contributed by atoms with Crippen LogP contribution < -0.4 is 10.1 Å².